The van der Waals surface area contributed by atoms with Crippen LogP contribution in [0.1, 0.15) is 31.2 Å². The minimum Gasteiger partial charge on any atom is -0.211 e. The first-order valence-electron chi connectivity index (χ1n) is 6.22. The Kier molecular flexibility index (Phi) is 4.46. The van der Waals surface area contributed by atoms with Gasteiger partial charge in [-0.05, 0) is 37.0 Å². The van der Waals surface area contributed by atoms with Gasteiger partial charge in [-0.25, -0.2) is 13.1 Å². The topological polar surface area (TPSA) is 70.0 Å². The molecule has 0 aliphatic heterocycles. The summed E-state index contributed by atoms with van der Waals surface area (Å²) in [6, 6.07) is 6.02. The highest BCUT2D eigenvalue weighted by Crippen LogP contribution is 2.33. The number of nitrogens with zero attached hydrogens (tertiary/aromatic N) is 1. The number of rotatable bonds is 6. The standard InChI is InChI=1S/C13H15ClN2O2S/c14-13-8-12(6-5-11(13)9-15)19(17,18)16-7-1-2-10-3-4-10/h5-6,8,10,16H,1-4,7H2. The zero-order valence-corrected chi connectivity index (χ0v) is 12.0. The van der Waals surface area contributed by atoms with Crippen LogP contribution in [0.2, 0.25) is 5.02 Å². The van der Waals surface area contributed by atoms with Crippen molar-refractivity contribution >= 4 is 21.6 Å². The molecule has 1 aromatic rings. The quantitative estimate of drug-likeness (QED) is 0.821. The highest BCUT2D eigenvalue weighted by Gasteiger charge is 2.21. The summed E-state index contributed by atoms with van der Waals surface area (Å²) in [5.41, 5.74) is 0.273. The van der Waals surface area contributed by atoms with Crippen molar-refractivity contribution in [1.82, 2.24) is 4.72 Å². The van der Waals surface area contributed by atoms with Gasteiger partial charge in [0.15, 0.2) is 0 Å². The number of halogens is 1. The van der Waals surface area contributed by atoms with Crippen molar-refractivity contribution in [2.75, 3.05) is 6.54 Å². The lowest BCUT2D eigenvalue weighted by Crippen LogP contribution is -2.24. The molecule has 1 fully saturated rings. The Bertz CT molecular complexity index is 604. The predicted molar refractivity (Wildman–Crippen MR) is 73.3 cm³/mol. The maximum atomic E-state index is 12.0. The fourth-order valence-electron chi connectivity index (χ4n) is 1.84. The van der Waals surface area contributed by atoms with E-state index < -0.39 is 10.0 Å². The monoisotopic (exact) mass is 298 g/mol. The molecule has 1 N–H and O–H groups in total. The fraction of sp³-hybridized carbons (Fsp3) is 0.462. The van der Waals surface area contributed by atoms with Gasteiger partial charge in [-0.15, -0.1) is 0 Å². The van der Waals surface area contributed by atoms with E-state index in [-0.39, 0.29) is 15.5 Å². The van der Waals surface area contributed by atoms with Crippen LogP contribution in [0.15, 0.2) is 23.1 Å². The molecule has 1 aliphatic carbocycles. The zero-order valence-electron chi connectivity index (χ0n) is 10.4. The Hall–Kier alpha value is -1.09. The molecule has 0 unspecified atom stereocenters. The highest BCUT2D eigenvalue weighted by atomic mass is 35.5. The maximum absolute atomic E-state index is 12.0. The number of hydrogen-bond donors (Lipinski definition) is 1. The summed E-state index contributed by atoms with van der Waals surface area (Å²) in [5.74, 6) is 0.800. The molecule has 1 saturated carbocycles. The first-order valence-corrected chi connectivity index (χ1v) is 8.08. The van der Waals surface area contributed by atoms with Crippen LogP contribution in [-0.4, -0.2) is 15.0 Å². The van der Waals surface area contributed by atoms with Crippen LogP contribution in [0.5, 0.6) is 0 Å². The van der Waals surface area contributed by atoms with Crippen molar-refractivity contribution < 1.29 is 8.42 Å². The normalized spacial score (nSPS) is 15.2. The molecular weight excluding hydrogens is 284 g/mol. The van der Waals surface area contributed by atoms with E-state index >= 15 is 0 Å². The Labute approximate surface area is 118 Å². The molecule has 0 radical (unpaired) electrons. The summed E-state index contributed by atoms with van der Waals surface area (Å²) in [7, 11) is -3.53. The van der Waals surface area contributed by atoms with Gasteiger partial charge in [0.1, 0.15) is 6.07 Å². The van der Waals surface area contributed by atoms with Gasteiger partial charge in [0.2, 0.25) is 10.0 Å². The Morgan fingerprint density at radius 2 is 2.16 bits per heavy atom. The van der Waals surface area contributed by atoms with E-state index in [0.717, 1.165) is 18.8 Å². The van der Waals surface area contributed by atoms with E-state index in [1.807, 2.05) is 6.07 Å². The molecular formula is C13H15ClN2O2S. The third-order valence-electron chi connectivity index (χ3n) is 3.15. The van der Waals surface area contributed by atoms with E-state index in [1.165, 1.54) is 31.0 Å². The molecule has 19 heavy (non-hydrogen) atoms. The molecule has 6 heteroatoms. The largest absolute Gasteiger partial charge is 0.240 e. The second-order valence-electron chi connectivity index (χ2n) is 4.74. The minimum atomic E-state index is -3.53. The summed E-state index contributed by atoms with van der Waals surface area (Å²) in [4.78, 5) is 0.0999. The molecule has 1 aliphatic rings. The first kappa shape index (κ1) is 14.3. The highest BCUT2D eigenvalue weighted by molar-refractivity contribution is 7.89. The van der Waals surface area contributed by atoms with Gasteiger partial charge in [-0.3, -0.25) is 0 Å². The molecule has 102 valence electrons. The van der Waals surface area contributed by atoms with E-state index in [2.05, 4.69) is 4.72 Å². The summed E-state index contributed by atoms with van der Waals surface area (Å²) >= 11 is 5.83. The molecule has 0 amide bonds. The lowest BCUT2D eigenvalue weighted by atomic mass is 10.2. The molecule has 0 heterocycles. The Balaban J connectivity index is 1.97. The van der Waals surface area contributed by atoms with Crippen LogP contribution in [0.4, 0.5) is 0 Å². The average molecular weight is 299 g/mol. The van der Waals surface area contributed by atoms with Gasteiger partial charge in [0, 0.05) is 6.54 Å². The van der Waals surface area contributed by atoms with Gasteiger partial charge in [-0.2, -0.15) is 5.26 Å². The first-order chi connectivity index (χ1) is 9.03. The second kappa shape index (κ2) is 5.91. The predicted octanol–water partition coefficient (Wildman–Crippen LogP) is 2.68. The van der Waals surface area contributed by atoms with Crippen molar-refractivity contribution in [3.05, 3.63) is 28.8 Å². The summed E-state index contributed by atoms with van der Waals surface area (Å²) in [5, 5.41) is 8.90. The summed E-state index contributed by atoms with van der Waals surface area (Å²) < 4.78 is 26.5. The summed E-state index contributed by atoms with van der Waals surface area (Å²) in [6.45, 7) is 0.441. The van der Waals surface area contributed by atoms with Gasteiger partial charge in [0.25, 0.3) is 0 Å². The molecule has 0 atom stereocenters. The fourth-order valence-corrected chi connectivity index (χ4v) is 3.23. The van der Waals surface area contributed by atoms with E-state index in [9.17, 15) is 8.42 Å². The smallest absolute Gasteiger partial charge is 0.211 e. The molecule has 4 nitrogen and oxygen atoms in total. The number of nitrogens with one attached hydrogen (secondary N) is 1. The van der Waals surface area contributed by atoms with E-state index in [4.69, 9.17) is 16.9 Å². The SMILES string of the molecule is N#Cc1ccc(S(=O)(=O)NCCCC2CC2)cc1Cl. The van der Waals surface area contributed by atoms with Crippen LogP contribution in [0.25, 0.3) is 0 Å². The van der Waals surface area contributed by atoms with E-state index in [0.29, 0.717) is 6.54 Å². The van der Waals surface area contributed by atoms with Crippen LogP contribution >= 0.6 is 11.6 Å². The van der Waals surface area contributed by atoms with Gasteiger partial charge in [-0.1, -0.05) is 24.4 Å². The van der Waals surface area contributed by atoms with Crippen LogP contribution in [0.3, 0.4) is 0 Å². The molecule has 0 bridgehead atoms. The molecule has 2 rings (SSSR count). The third-order valence-corrected chi connectivity index (χ3v) is 4.92. The number of nitriles is 1. The maximum Gasteiger partial charge on any atom is 0.240 e. The van der Waals surface area contributed by atoms with Crippen LogP contribution < -0.4 is 4.72 Å². The molecule has 0 spiro atoms. The van der Waals surface area contributed by atoms with Crippen molar-refractivity contribution in [1.29, 1.82) is 5.26 Å². The minimum absolute atomic E-state index is 0.0999. The van der Waals surface area contributed by atoms with Crippen LogP contribution in [-0.2, 0) is 10.0 Å². The number of benzene rings is 1. The van der Waals surface area contributed by atoms with Gasteiger partial charge in [0.05, 0.1) is 15.5 Å². The molecule has 0 aromatic heterocycles. The molecule has 1 aromatic carbocycles. The lowest BCUT2D eigenvalue weighted by Gasteiger charge is -2.07. The number of hydrogen-bond acceptors (Lipinski definition) is 3. The zero-order chi connectivity index (χ0) is 13.9. The lowest BCUT2D eigenvalue weighted by molar-refractivity contribution is 0.572. The van der Waals surface area contributed by atoms with Crippen LogP contribution in [0, 0.1) is 17.2 Å². The third kappa shape index (κ3) is 3.93. The van der Waals surface area contributed by atoms with E-state index in [1.54, 1.807) is 0 Å². The van der Waals surface area contributed by atoms with Crippen molar-refractivity contribution in [2.24, 2.45) is 5.92 Å². The Morgan fingerprint density at radius 3 is 2.74 bits per heavy atom. The van der Waals surface area contributed by atoms with Gasteiger partial charge >= 0.3 is 0 Å². The molecule has 0 saturated heterocycles. The van der Waals surface area contributed by atoms with Crippen molar-refractivity contribution in [2.45, 2.75) is 30.6 Å². The van der Waals surface area contributed by atoms with Crippen molar-refractivity contribution in [3.63, 3.8) is 0 Å². The second-order valence-corrected chi connectivity index (χ2v) is 6.91. The van der Waals surface area contributed by atoms with Gasteiger partial charge < -0.3 is 0 Å². The average Bonchev–Trinajstić information content (AvgIpc) is 3.18. The Morgan fingerprint density at radius 1 is 1.42 bits per heavy atom. The van der Waals surface area contributed by atoms with Crippen molar-refractivity contribution in [3.8, 4) is 6.07 Å². The number of sulfonamides is 1. The summed E-state index contributed by atoms with van der Waals surface area (Å²) in [6.07, 6.45) is 4.49.